The van der Waals surface area contributed by atoms with E-state index < -0.39 is 0 Å². The van der Waals surface area contributed by atoms with Crippen LogP contribution >= 0.6 is 0 Å². The molecule has 9 heteroatoms. The van der Waals surface area contributed by atoms with Gasteiger partial charge >= 0.3 is 0 Å². The summed E-state index contributed by atoms with van der Waals surface area (Å²) in [5.74, 6) is 0.00916. The number of unbranched alkanes of at least 4 members (excludes halogenated alkanes) is 3. The molecular weight excluding hydrogens is 420 g/mol. The summed E-state index contributed by atoms with van der Waals surface area (Å²) in [6.07, 6.45) is 8.68. The Bertz CT molecular complexity index is 1240. The lowest BCUT2D eigenvalue weighted by molar-refractivity contribution is -0.129. The Kier molecular flexibility index (Phi) is 7.21. The molecule has 0 saturated carbocycles. The number of aromatic amines is 1. The normalized spacial score (nSPS) is 12.0. The molecule has 9 nitrogen and oxygen atoms in total. The Morgan fingerprint density at radius 3 is 2.70 bits per heavy atom. The fourth-order valence-corrected chi connectivity index (χ4v) is 3.90. The molecule has 0 aliphatic rings. The van der Waals surface area contributed by atoms with Crippen molar-refractivity contribution in [1.82, 2.24) is 30.7 Å². The van der Waals surface area contributed by atoms with Crippen LogP contribution in [0.25, 0.3) is 21.8 Å². The first-order valence-corrected chi connectivity index (χ1v) is 11.0. The monoisotopic (exact) mass is 446 g/mol. The number of benzene rings is 2. The highest BCUT2D eigenvalue weighted by Gasteiger charge is 2.20. The lowest BCUT2D eigenvalue weighted by Gasteiger charge is -2.16. The number of amides is 2. The molecular formula is C24H26N6O3. The fraction of sp³-hybridized carbons (Fsp3) is 0.292. The molecule has 33 heavy (non-hydrogen) atoms. The summed E-state index contributed by atoms with van der Waals surface area (Å²) < 4.78 is 0. The van der Waals surface area contributed by atoms with Crippen LogP contribution in [0.1, 0.15) is 60.9 Å². The number of hydroxylamine groups is 1. The number of hydrogen-bond acceptors (Lipinski definition) is 6. The predicted molar refractivity (Wildman–Crippen MR) is 123 cm³/mol. The molecule has 2 heterocycles. The molecule has 170 valence electrons. The molecule has 0 aliphatic heterocycles. The Morgan fingerprint density at radius 1 is 1.03 bits per heavy atom. The van der Waals surface area contributed by atoms with Crippen LogP contribution in [0, 0.1) is 0 Å². The van der Waals surface area contributed by atoms with E-state index >= 15 is 0 Å². The molecule has 1 atom stereocenters. The van der Waals surface area contributed by atoms with Gasteiger partial charge in [-0.2, -0.15) is 0 Å². The van der Waals surface area contributed by atoms with Crippen molar-refractivity contribution in [2.24, 2.45) is 0 Å². The molecule has 0 fully saturated rings. The number of carbonyl (C=O) groups excluding carboxylic acids is 2. The fourth-order valence-electron chi connectivity index (χ4n) is 3.90. The van der Waals surface area contributed by atoms with Crippen molar-refractivity contribution in [3.8, 4) is 0 Å². The molecule has 4 rings (SSSR count). The lowest BCUT2D eigenvalue weighted by Crippen LogP contribution is -2.30. The Hall–Kier alpha value is -3.85. The van der Waals surface area contributed by atoms with Crippen LogP contribution in [-0.4, -0.2) is 37.0 Å². The lowest BCUT2D eigenvalue weighted by atomic mass is 10.1. The average molecular weight is 447 g/mol. The molecule has 0 bridgehead atoms. The number of rotatable bonds is 10. The number of H-pyrrole nitrogens is 1. The van der Waals surface area contributed by atoms with Gasteiger partial charge in [0.25, 0.3) is 5.91 Å². The van der Waals surface area contributed by atoms with E-state index in [-0.39, 0.29) is 23.6 Å². The van der Waals surface area contributed by atoms with E-state index in [0.717, 1.165) is 41.1 Å². The van der Waals surface area contributed by atoms with Gasteiger partial charge in [-0.15, -0.1) is 0 Å². The number of carbonyl (C=O) groups is 2. The maximum Gasteiger partial charge on any atom is 0.272 e. The van der Waals surface area contributed by atoms with Crippen molar-refractivity contribution in [1.29, 1.82) is 0 Å². The number of aromatic nitrogens is 4. The van der Waals surface area contributed by atoms with Crippen molar-refractivity contribution in [3.05, 3.63) is 66.5 Å². The number of nitrogens with one attached hydrogen (secondary N) is 3. The first kappa shape index (κ1) is 22.3. The van der Waals surface area contributed by atoms with Gasteiger partial charge in [0.1, 0.15) is 11.5 Å². The third kappa shape index (κ3) is 5.50. The quantitative estimate of drug-likeness (QED) is 0.166. The highest BCUT2D eigenvalue weighted by molar-refractivity contribution is 6.04. The van der Waals surface area contributed by atoms with Crippen LogP contribution in [0.2, 0.25) is 0 Å². The van der Waals surface area contributed by atoms with Gasteiger partial charge < -0.3 is 10.3 Å². The summed E-state index contributed by atoms with van der Waals surface area (Å²) in [6, 6.07) is 11.8. The SMILES string of the molecule is O=C(CCCCCCC(NC(=O)c1cnccn1)c1nc2c(ccc3ccccc32)[nH]1)NO. The van der Waals surface area contributed by atoms with Crippen LogP contribution in [-0.2, 0) is 4.79 Å². The molecule has 0 spiro atoms. The Morgan fingerprint density at radius 2 is 1.88 bits per heavy atom. The van der Waals surface area contributed by atoms with E-state index in [9.17, 15) is 9.59 Å². The van der Waals surface area contributed by atoms with Crippen molar-refractivity contribution in [2.75, 3.05) is 0 Å². The molecule has 0 aliphatic carbocycles. The van der Waals surface area contributed by atoms with Gasteiger partial charge in [-0.3, -0.25) is 19.8 Å². The van der Waals surface area contributed by atoms with Crippen molar-refractivity contribution >= 4 is 33.6 Å². The second-order valence-electron chi connectivity index (χ2n) is 7.91. The van der Waals surface area contributed by atoms with Gasteiger partial charge in [-0.05, 0) is 24.3 Å². The summed E-state index contributed by atoms with van der Waals surface area (Å²) >= 11 is 0. The second-order valence-corrected chi connectivity index (χ2v) is 7.91. The minimum atomic E-state index is -0.376. The highest BCUT2D eigenvalue weighted by Crippen LogP contribution is 2.27. The van der Waals surface area contributed by atoms with Crippen LogP contribution in [0.4, 0.5) is 0 Å². The van der Waals surface area contributed by atoms with Gasteiger partial charge in [0, 0.05) is 24.2 Å². The standard InChI is InChI=1S/C24H26N6O3/c31-21(30-33)10-4-2-1-3-9-19(28-24(32)20-15-25-13-14-26-20)23-27-18-12-11-16-7-5-6-8-17(16)22(18)29-23/h5-8,11-15,19,33H,1-4,9-10H2,(H,27,29)(H,28,32)(H,30,31). The maximum absolute atomic E-state index is 12.8. The van der Waals surface area contributed by atoms with E-state index in [4.69, 9.17) is 10.2 Å². The van der Waals surface area contributed by atoms with Crippen LogP contribution in [0.15, 0.2) is 55.0 Å². The van der Waals surface area contributed by atoms with Gasteiger partial charge in [0.05, 0.1) is 23.3 Å². The Balaban J connectivity index is 1.51. The average Bonchev–Trinajstić information content (AvgIpc) is 3.30. The molecule has 0 radical (unpaired) electrons. The third-order valence-corrected chi connectivity index (χ3v) is 5.60. The van der Waals surface area contributed by atoms with E-state index in [0.29, 0.717) is 25.1 Å². The summed E-state index contributed by atoms with van der Waals surface area (Å²) in [6.45, 7) is 0. The van der Waals surface area contributed by atoms with E-state index in [1.54, 1.807) is 5.48 Å². The number of imidazole rings is 1. The van der Waals surface area contributed by atoms with Gasteiger partial charge in [0.15, 0.2) is 0 Å². The zero-order valence-corrected chi connectivity index (χ0v) is 18.1. The number of hydrogen-bond donors (Lipinski definition) is 4. The summed E-state index contributed by atoms with van der Waals surface area (Å²) in [5, 5.41) is 13.8. The zero-order valence-electron chi connectivity index (χ0n) is 18.1. The van der Waals surface area contributed by atoms with Crippen LogP contribution in [0.5, 0.6) is 0 Å². The first-order chi connectivity index (χ1) is 16.2. The molecule has 1 unspecified atom stereocenters. The highest BCUT2D eigenvalue weighted by atomic mass is 16.5. The van der Waals surface area contributed by atoms with Crippen LogP contribution in [0.3, 0.4) is 0 Å². The molecule has 2 aromatic heterocycles. The molecule has 2 amide bonds. The van der Waals surface area contributed by atoms with E-state index in [1.165, 1.54) is 18.6 Å². The third-order valence-electron chi connectivity index (χ3n) is 5.60. The van der Waals surface area contributed by atoms with Gasteiger partial charge in [-0.25, -0.2) is 15.4 Å². The van der Waals surface area contributed by atoms with Crippen molar-refractivity contribution in [3.63, 3.8) is 0 Å². The first-order valence-electron chi connectivity index (χ1n) is 11.0. The maximum atomic E-state index is 12.8. The summed E-state index contributed by atoms with van der Waals surface area (Å²) in [4.78, 5) is 40.2. The topological polar surface area (TPSA) is 133 Å². The summed E-state index contributed by atoms with van der Waals surface area (Å²) in [5.41, 5.74) is 3.68. The smallest absolute Gasteiger partial charge is 0.272 e. The summed E-state index contributed by atoms with van der Waals surface area (Å²) in [7, 11) is 0. The van der Waals surface area contributed by atoms with Crippen LogP contribution < -0.4 is 10.8 Å². The van der Waals surface area contributed by atoms with Gasteiger partial charge in [-0.1, -0.05) is 49.6 Å². The Labute approximate surface area is 190 Å². The van der Waals surface area contributed by atoms with Crippen molar-refractivity contribution < 1.29 is 14.8 Å². The second kappa shape index (κ2) is 10.6. The van der Waals surface area contributed by atoms with Gasteiger partial charge in [0.2, 0.25) is 5.91 Å². The molecule has 4 N–H and O–H groups in total. The van der Waals surface area contributed by atoms with Crippen molar-refractivity contribution in [2.45, 2.75) is 44.6 Å². The van der Waals surface area contributed by atoms with E-state index in [1.807, 2.05) is 30.3 Å². The minimum absolute atomic E-state index is 0.249. The largest absolute Gasteiger partial charge is 0.341 e. The number of nitrogens with zero attached hydrogens (tertiary/aromatic N) is 3. The molecule has 2 aromatic carbocycles. The molecule has 4 aromatic rings. The van der Waals surface area contributed by atoms with E-state index in [2.05, 4.69) is 26.3 Å². The minimum Gasteiger partial charge on any atom is -0.341 e. The molecule has 0 saturated heterocycles. The number of fused-ring (bicyclic) bond motifs is 3. The zero-order chi connectivity index (χ0) is 23.0. The predicted octanol–water partition coefficient (Wildman–Crippen LogP) is 3.82.